The Morgan fingerprint density at radius 1 is 0.844 bits per heavy atom. The maximum Gasteiger partial charge on any atom is 0.314 e. The molecular formula is C32H50O13. The van der Waals surface area contributed by atoms with Gasteiger partial charge in [-0.25, -0.2) is 0 Å². The van der Waals surface area contributed by atoms with Crippen molar-refractivity contribution in [2.24, 2.45) is 34.0 Å². The molecule has 4 aliphatic carbocycles. The van der Waals surface area contributed by atoms with Crippen LogP contribution in [0.3, 0.4) is 0 Å². The van der Waals surface area contributed by atoms with Crippen molar-refractivity contribution in [3.8, 4) is 0 Å². The van der Waals surface area contributed by atoms with Crippen molar-refractivity contribution in [1.82, 2.24) is 0 Å². The van der Waals surface area contributed by atoms with Crippen molar-refractivity contribution in [1.29, 1.82) is 0 Å². The smallest absolute Gasteiger partial charge is 0.314 e. The lowest BCUT2D eigenvalue weighted by Crippen LogP contribution is -2.64. The number of rotatable bonds is 6. The minimum Gasteiger partial charge on any atom is -0.432 e. The number of aliphatic hydroxyl groups excluding tert-OH is 7. The van der Waals surface area contributed by atoms with Crippen LogP contribution < -0.4 is 0 Å². The van der Waals surface area contributed by atoms with E-state index in [9.17, 15) is 40.5 Å². The summed E-state index contributed by atoms with van der Waals surface area (Å²) in [5.41, 5.74) is -0.742. The van der Waals surface area contributed by atoms with Gasteiger partial charge < -0.3 is 59.4 Å². The molecule has 0 unspecified atom stereocenters. The molecule has 4 aliphatic heterocycles. The molecule has 8 rings (SSSR count). The standard InChI is InChI=1S/C32H50O13/c1-29-6-4-7-30(2,18(29)5-8-32-10-14-9-15(25(29)32)45-31(14,3)13-32)28(40)44-27-24(39)22(37)20(35)17(43-27)12-41-26-23(38)21(36)19(34)16(11-33)42-26/h14-27,33-39H,4-13H2,1-3H3/t14-,15+,16-,17-,18+,19-,20-,21+,22+,23-,24-,25+,26-,27+,29-,30-,31-,32+/m1/s1. The molecular weight excluding hydrogens is 592 g/mol. The second-order valence-electron chi connectivity index (χ2n) is 15.9. The molecule has 0 aromatic rings. The first-order valence-electron chi connectivity index (χ1n) is 16.7. The molecule has 0 amide bonds. The van der Waals surface area contributed by atoms with Gasteiger partial charge in [0.05, 0.1) is 30.3 Å². The highest BCUT2D eigenvalue weighted by Crippen LogP contribution is 2.76. The van der Waals surface area contributed by atoms with E-state index in [0.29, 0.717) is 18.3 Å². The quantitative estimate of drug-likeness (QED) is 0.180. The maximum absolute atomic E-state index is 14.1. The second kappa shape index (κ2) is 11.0. The van der Waals surface area contributed by atoms with Crippen molar-refractivity contribution in [3.63, 3.8) is 0 Å². The van der Waals surface area contributed by atoms with Gasteiger partial charge in [0.25, 0.3) is 0 Å². The Bertz CT molecular complexity index is 1150. The van der Waals surface area contributed by atoms with Gasteiger partial charge in [-0.05, 0) is 87.4 Å². The van der Waals surface area contributed by atoms with Gasteiger partial charge in [-0.15, -0.1) is 0 Å². The first-order valence-corrected chi connectivity index (χ1v) is 16.7. The van der Waals surface area contributed by atoms with Crippen molar-refractivity contribution in [2.45, 2.75) is 145 Å². The normalized spacial score (nSPS) is 58.6. The average molecular weight is 643 g/mol. The van der Waals surface area contributed by atoms with Gasteiger partial charge in [0.1, 0.15) is 48.8 Å². The molecule has 18 atom stereocenters. The largest absolute Gasteiger partial charge is 0.432 e. The lowest BCUT2D eigenvalue weighted by Gasteiger charge is -2.65. The van der Waals surface area contributed by atoms with Gasteiger partial charge in [0.2, 0.25) is 6.29 Å². The van der Waals surface area contributed by atoms with Crippen LogP contribution in [0.25, 0.3) is 0 Å². The van der Waals surface area contributed by atoms with Gasteiger partial charge in [-0.2, -0.15) is 0 Å². The van der Waals surface area contributed by atoms with Crippen LogP contribution >= 0.6 is 0 Å². The number of esters is 1. The number of carbonyl (C=O) groups is 1. The summed E-state index contributed by atoms with van der Waals surface area (Å²) >= 11 is 0. The number of hydrogen-bond donors (Lipinski definition) is 7. The van der Waals surface area contributed by atoms with Crippen LogP contribution in [0.1, 0.15) is 72.1 Å². The Hall–Kier alpha value is -0.970. The Morgan fingerprint density at radius 2 is 1.51 bits per heavy atom. The predicted octanol–water partition coefficient (Wildman–Crippen LogP) is -0.666. The second-order valence-corrected chi connectivity index (χ2v) is 15.9. The van der Waals surface area contributed by atoms with Crippen LogP contribution in [0.4, 0.5) is 0 Å². The van der Waals surface area contributed by atoms with Crippen LogP contribution in [0, 0.1) is 34.0 Å². The average Bonchev–Trinajstić information content (AvgIpc) is 3.36. The van der Waals surface area contributed by atoms with E-state index in [-0.39, 0.29) is 28.5 Å². The number of ether oxygens (including phenoxy) is 5. The van der Waals surface area contributed by atoms with Gasteiger partial charge in [-0.1, -0.05) is 13.3 Å². The molecule has 13 nitrogen and oxygen atoms in total. The Kier molecular flexibility index (Phi) is 7.98. The molecule has 0 radical (unpaired) electrons. The highest BCUT2D eigenvalue weighted by Gasteiger charge is 2.74. The van der Waals surface area contributed by atoms with Gasteiger partial charge in [-0.3, -0.25) is 4.79 Å². The van der Waals surface area contributed by atoms with Crippen LogP contribution in [-0.4, -0.2) is 128 Å². The van der Waals surface area contributed by atoms with E-state index in [1.165, 1.54) is 6.42 Å². The summed E-state index contributed by atoms with van der Waals surface area (Å²) in [4.78, 5) is 14.1. The number of aliphatic hydroxyl groups is 7. The van der Waals surface area contributed by atoms with E-state index in [1.807, 2.05) is 6.92 Å². The fraction of sp³-hybridized carbons (Fsp3) is 0.969. The predicted molar refractivity (Wildman–Crippen MR) is 152 cm³/mol. The number of fused-ring (bicyclic) bond motifs is 1. The zero-order valence-corrected chi connectivity index (χ0v) is 26.2. The third-order valence-electron chi connectivity index (χ3n) is 13.4. The summed E-state index contributed by atoms with van der Waals surface area (Å²) in [5.74, 6) is 0.509. The summed E-state index contributed by atoms with van der Waals surface area (Å²) in [6, 6.07) is 0. The fourth-order valence-corrected chi connectivity index (χ4v) is 11.5. The summed E-state index contributed by atoms with van der Waals surface area (Å²) in [6.07, 6.45) is -7.61. The van der Waals surface area contributed by atoms with E-state index in [2.05, 4.69) is 13.8 Å². The van der Waals surface area contributed by atoms with E-state index < -0.39 is 86.0 Å². The Labute approximate surface area is 262 Å². The molecule has 4 bridgehead atoms. The van der Waals surface area contributed by atoms with E-state index in [1.54, 1.807) is 0 Å². The highest BCUT2D eigenvalue weighted by atomic mass is 16.7. The number of carbonyl (C=O) groups excluding carboxylic acids is 1. The minimum atomic E-state index is -1.73. The first kappa shape index (κ1) is 32.6. The molecule has 1 spiro atoms. The molecule has 4 heterocycles. The molecule has 8 aliphatic rings. The summed E-state index contributed by atoms with van der Waals surface area (Å²) in [7, 11) is 0. The van der Waals surface area contributed by atoms with Crippen molar-refractivity contribution in [3.05, 3.63) is 0 Å². The topological polar surface area (TPSA) is 205 Å². The third-order valence-corrected chi connectivity index (χ3v) is 13.4. The minimum absolute atomic E-state index is 0.0236. The first-order chi connectivity index (χ1) is 21.2. The van der Waals surface area contributed by atoms with Crippen LogP contribution in [0.5, 0.6) is 0 Å². The van der Waals surface area contributed by atoms with Gasteiger partial charge >= 0.3 is 5.97 Å². The van der Waals surface area contributed by atoms with E-state index in [0.717, 1.165) is 38.5 Å². The van der Waals surface area contributed by atoms with Crippen molar-refractivity contribution in [2.75, 3.05) is 13.2 Å². The van der Waals surface area contributed by atoms with Crippen LogP contribution in [0.15, 0.2) is 0 Å². The summed E-state index contributed by atoms with van der Waals surface area (Å²) in [5, 5.41) is 71.9. The molecule has 45 heavy (non-hydrogen) atoms. The lowest BCUT2D eigenvalue weighted by molar-refractivity contribution is -0.328. The molecule has 7 N–H and O–H groups in total. The van der Waals surface area contributed by atoms with Crippen LogP contribution in [-0.2, 0) is 28.5 Å². The lowest BCUT2D eigenvalue weighted by atomic mass is 9.40. The van der Waals surface area contributed by atoms with Crippen molar-refractivity contribution >= 4 is 5.97 Å². The van der Waals surface area contributed by atoms with Gasteiger partial charge in [0, 0.05) is 0 Å². The van der Waals surface area contributed by atoms with E-state index >= 15 is 0 Å². The highest BCUT2D eigenvalue weighted by molar-refractivity contribution is 5.77. The molecule has 0 aromatic carbocycles. The SMILES string of the molecule is C[C@@]12CCC[C@@](C)(C(=O)O[C@@H]3O[C@H](CO[C@@H]4O[C@H](CO)[C@@H](O)[C@H](O)[C@H]4O)[C@@H](O)[C@H](O)[C@H]3O)[C@H]1CC[C@]13C[C@H]4C[C@H](O[C@]4(C)C1)[C@H]32. The molecule has 13 heteroatoms. The zero-order valence-electron chi connectivity index (χ0n) is 26.2. The maximum atomic E-state index is 14.1. The monoisotopic (exact) mass is 642 g/mol. The van der Waals surface area contributed by atoms with Crippen LogP contribution in [0.2, 0.25) is 0 Å². The van der Waals surface area contributed by atoms with Gasteiger partial charge in [0.15, 0.2) is 6.29 Å². The molecule has 0 aromatic heterocycles. The zero-order chi connectivity index (χ0) is 32.3. The molecule has 4 saturated heterocycles. The Morgan fingerprint density at radius 3 is 2.20 bits per heavy atom. The molecule has 4 saturated carbocycles. The summed E-state index contributed by atoms with van der Waals surface area (Å²) < 4.78 is 29.2. The Balaban J connectivity index is 1.05. The molecule has 256 valence electrons. The van der Waals surface area contributed by atoms with Crippen molar-refractivity contribution < 1.29 is 64.2 Å². The third kappa shape index (κ3) is 4.71. The number of hydrogen-bond acceptors (Lipinski definition) is 13. The summed E-state index contributed by atoms with van der Waals surface area (Å²) in [6.45, 7) is 5.42. The van der Waals surface area contributed by atoms with E-state index in [4.69, 9.17) is 23.7 Å². The molecule has 8 fully saturated rings. The fourth-order valence-electron chi connectivity index (χ4n) is 11.5.